The summed E-state index contributed by atoms with van der Waals surface area (Å²) in [6.45, 7) is 3.36. The number of hydrogen-bond acceptors (Lipinski definition) is 1. The predicted molar refractivity (Wildman–Crippen MR) is 129 cm³/mol. The largest absolute Gasteiger partial charge is 0.331 e. The summed E-state index contributed by atoms with van der Waals surface area (Å²) in [4.78, 5) is 5.02. The predicted octanol–water partition coefficient (Wildman–Crippen LogP) is 7.87. The lowest BCUT2D eigenvalue weighted by molar-refractivity contribution is 0.545. The van der Waals surface area contributed by atoms with Crippen LogP contribution in [0.15, 0.2) is 66.9 Å². The fraction of sp³-hybridized carbons (Fsp3) is 0.464. The topological polar surface area (TPSA) is 17.8 Å². The number of aryl methyl sites for hydroxylation is 3. The molecule has 30 heavy (non-hydrogen) atoms. The van der Waals surface area contributed by atoms with Crippen LogP contribution in [0.5, 0.6) is 0 Å². The summed E-state index contributed by atoms with van der Waals surface area (Å²) in [5.74, 6) is 1.13. The highest BCUT2D eigenvalue weighted by Gasteiger charge is 2.10. The third-order valence-corrected chi connectivity index (χ3v) is 5.85. The monoisotopic (exact) mass is 402 g/mol. The highest BCUT2D eigenvalue weighted by molar-refractivity contribution is 5.55. The smallest absolute Gasteiger partial charge is 0.140 e. The van der Waals surface area contributed by atoms with Gasteiger partial charge in [-0.2, -0.15) is 0 Å². The number of imidazole rings is 1. The van der Waals surface area contributed by atoms with Gasteiger partial charge in [0.05, 0.1) is 5.69 Å². The van der Waals surface area contributed by atoms with Gasteiger partial charge in [0.15, 0.2) is 0 Å². The first kappa shape index (κ1) is 22.3. The second kappa shape index (κ2) is 13.1. The molecule has 0 saturated heterocycles. The van der Waals surface area contributed by atoms with Crippen molar-refractivity contribution in [2.75, 3.05) is 0 Å². The second-order valence-electron chi connectivity index (χ2n) is 8.43. The maximum atomic E-state index is 5.02. The third kappa shape index (κ3) is 7.48. The van der Waals surface area contributed by atoms with E-state index in [1.807, 2.05) is 0 Å². The molecule has 0 atom stereocenters. The summed E-state index contributed by atoms with van der Waals surface area (Å²) in [6, 6.07) is 21.4. The van der Waals surface area contributed by atoms with Gasteiger partial charge in [-0.1, -0.05) is 113 Å². The van der Waals surface area contributed by atoms with Crippen molar-refractivity contribution >= 4 is 0 Å². The lowest BCUT2D eigenvalue weighted by atomic mass is 10.1. The van der Waals surface area contributed by atoms with Crippen LogP contribution in [0.3, 0.4) is 0 Å². The molecule has 0 fully saturated rings. The summed E-state index contributed by atoms with van der Waals surface area (Å²) in [6.07, 6.45) is 16.5. The van der Waals surface area contributed by atoms with Crippen LogP contribution in [0, 0.1) is 0 Å². The quantitative estimate of drug-likeness (QED) is 0.251. The number of hydrogen-bond donors (Lipinski definition) is 0. The molecule has 2 aromatic carbocycles. The molecule has 3 aromatic rings. The van der Waals surface area contributed by atoms with Crippen molar-refractivity contribution in [2.45, 2.75) is 84.1 Å². The van der Waals surface area contributed by atoms with Gasteiger partial charge in [-0.15, -0.1) is 0 Å². The van der Waals surface area contributed by atoms with E-state index in [2.05, 4.69) is 78.4 Å². The maximum absolute atomic E-state index is 5.02. The standard InChI is InChI=1S/C28H38N2/c1-2-3-4-5-6-7-8-15-23-30-24-27(22-16-19-25-17-11-9-12-18-25)29-28(30)26-20-13-10-14-21-26/h9-14,17-18,20-21,24H,2-8,15-16,19,22-23H2,1H3. The van der Waals surface area contributed by atoms with Crippen molar-refractivity contribution in [2.24, 2.45) is 0 Å². The molecule has 2 nitrogen and oxygen atoms in total. The Labute approximate surface area is 183 Å². The molecule has 3 rings (SSSR count). The number of rotatable bonds is 14. The van der Waals surface area contributed by atoms with Crippen LogP contribution < -0.4 is 0 Å². The van der Waals surface area contributed by atoms with E-state index in [0.29, 0.717) is 0 Å². The zero-order chi connectivity index (χ0) is 20.9. The minimum Gasteiger partial charge on any atom is -0.331 e. The third-order valence-electron chi connectivity index (χ3n) is 5.85. The highest BCUT2D eigenvalue weighted by Crippen LogP contribution is 2.21. The van der Waals surface area contributed by atoms with Gasteiger partial charge in [0, 0.05) is 18.3 Å². The van der Waals surface area contributed by atoms with Crippen LogP contribution in [-0.2, 0) is 19.4 Å². The van der Waals surface area contributed by atoms with Gasteiger partial charge < -0.3 is 4.57 Å². The SMILES string of the molecule is CCCCCCCCCCn1cc(CCCc2ccccc2)nc1-c1ccccc1. The fourth-order valence-electron chi connectivity index (χ4n) is 4.11. The lowest BCUT2D eigenvalue weighted by Crippen LogP contribution is -1.99. The first-order valence-electron chi connectivity index (χ1n) is 12.0. The van der Waals surface area contributed by atoms with Gasteiger partial charge in [0.25, 0.3) is 0 Å². The van der Waals surface area contributed by atoms with Crippen molar-refractivity contribution in [3.8, 4) is 11.4 Å². The number of aromatic nitrogens is 2. The molecule has 0 unspecified atom stereocenters. The van der Waals surface area contributed by atoms with Crippen LogP contribution in [0.25, 0.3) is 11.4 Å². The molecule has 0 amide bonds. The summed E-state index contributed by atoms with van der Waals surface area (Å²) in [5, 5.41) is 0. The molecule has 160 valence electrons. The Morgan fingerprint density at radius 3 is 2.00 bits per heavy atom. The summed E-state index contributed by atoms with van der Waals surface area (Å²) in [5.41, 5.74) is 3.87. The van der Waals surface area contributed by atoms with Crippen molar-refractivity contribution in [3.05, 3.63) is 78.1 Å². The van der Waals surface area contributed by atoms with Gasteiger partial charge in [-0.25, -0.2) is 4.98 Å². The average molecular weight is 403 g/mol. The number of nitrogens with zero attached hydrogens (tertiary/aromatic N) is 2. The summed E-state index contributed by atoms with van der Waals surface area (Å²) in [7, 11) is 0. The molecular weight excluding hydrogens is 364 g/mol. The van der Waals surface area contributed by atoms with Crippen molar-refractivity contribution in [1.82, 2.24) is 9.55 Å². The Morgan fingerprint density at radius 2 is 1.30 bits per heavy atom. The van der Waals surface area contributed by atoms with Gasteiger partial charge in [0.2, 0.25) is 0 Å². The Morgan fingerprint density at radius 1 is 0.667 bits per heavy atom. The van der Waals surface area contributed by atoms with Crippen LogP contribution in [0.2, 0.25) is 0 Å². The van der Waals surface area contributed by atoms with E-state index in [4.69, 9.17) is 4.98 Å². The zero-order valence-corrected chi connectivity index (χ0v) is 18.7. The molecule has 0 saturated carbocycles. The van der Waals surface area contributed by atoms with E-state index in [0.717, 1.165) is 31.6 Å². The molecule has 0 aliphatic rings. The molecule has 2 heteroatoms. The fourth-order valence-corrected chi connectivity index (χ4v) is 4.11. The van der Waals surface area contributed by atoms with E-state index < -0.39 is 0 Å². The van der Waals surface area contributed by atoms with E-state index in [1.165, 1.54) is 68.2 Å². The average Bonchev–Trinajstić information content (AvgIpc) is 3.20. The van der Waals surface area contributed by atoms with Gasteiger partial charge in [0.1, 0.15) is 5.82 Å². The van der Waals surface area contributed by atoms with Crippen LogP contribution in [0.4, 0.5) is 0 Å². The Bertz CT molecular complexity index is 820. The number of benzene rings is 2. The maximum Gasteiger partial charge on any atom is 0.140 e. The molecule has 1 heterocycles. The molecule has 1 aromatic heterocycles. The molecular formula is C28H38N2. The summed E-state index contributed by atoms with van der Waals surface area (Å²) < 4.78 is 2.39. The van der Waals surface area contributed by atoms with E-state index in [9.17, 15) is 0 Å². The zero-order valence-electron chi connectivity index (χ0n) is 18.7. The molecule has 0 N–H and O–H groups in total. The van der Waals surface area contributed by atoms with E-state index >= 15 is 0 Å². The molecule has 0 radical (unpaired) electrons. The molecule has 0 spiro atoms. The molecule has 0 bridgehead atoms. The Hall–Kier alpha value is -2.35. The summed E-state index contributed by atoms with van der Waals surface area (Å²) >= 11 is 0. The normalized spacial score (nSPS) is 11.1. The van der Waals surface area contributed by atoms with Crippen LogP contribution in [0.1, 0.15) is 76.0 Å². The van der Waals surface area contributed by atoms with Crippen molar-refractivity contribution in [3.63, 3.8) is 0 Å². The van der Waals surface area contributed by atoms with E-state index in [-0.39, 0.29) is 0 Å². The van der Waals surface area contributed by atoms with E-state index in [1.54, 1.807) is 0 Å². The molecule has 0 aliphatic heterocycles. The lowest BCUT2D eigenvalue weighted by Gasteiger charge is -2.08. The second-order valence-corrected chi connectivity index (χ2v) is 8.43. The minimum atomic E-state index is 1.04. The van der Waals surface area contributed by atoms with Crippen LogP contribution >= 0.6 is 0 Å². The van der Waals surface area contributed by atoms with Gasteiger partial charge in [-0.3, -0.25) is 0 Å². The Balaban J connectivity index is 1.53. The first-order chi connectivity index (χ1) is 14.9. The van der Waals surface area contributed by atoms with Crippen molar-refractivity contribution in [1.29, 1.82) is 0 Å². The van der Waals surface area contributed by atoms with Crippen molar-refractivity contribution < 1.29 is 0 Å². The minimum absolute atomic E-state index is 1.04. The highest BCUT2D eigenvalue weighted by atomic mass is 15.1. The Kier molecular flexibility index (Phi) is 9.72. The first-order valence-corrected chi connectivity index (χ1v) is 12.0. The van der Waals surface area contributed by atoms with Gasteiger partial charge in [-0.05, 0) is 31.2 Å². The number of unbranched alkanes of at least 4 members (excludes halogenated alkanes) is 7. The van der Waals surface area contributed by atoms with Gasteiger partial charge >= 0.3 is 0 Å². The van der Waals surface area contributed by atoms with Crippen LogP contribution in [-0.4, -0.2) is 9.55 Å². The molecule has 0 aliphatic carbocycles.